The molecule has 0 bridgehead atoms. The van der Waals surface area contributed by atoms with Crippen molar-refractivity contribution in [3.63, 3.8) is 0 Å². The predicted molar refractivity (Wildman–Crippen MR) is 124 cm³/mol. The van der Waals surface area contributed by atoms with Gasteiger partial charge in [-0.05, 0) is 49.2 Å². The normalized spacial score (nSPS) is 13.6. The summed E-state index contributed by atoms with van der Waals surface area (Å²) < 4.78 is 4.41. The summed E-state index contributed by atoms with van der Waals surface area (Å²) >= 11 is 0. The summed E-state index contributed by atoms with van der Waals surface area (Å²) in [5.41, 5.74) is 6.97. The van der Waals surface area contributed by atoms with E-state index in [1.807, 2.05) is 36.3 Å². The van der Waals surface area contributed by atoms with Gasteiger partial charge in [-0.25, -0.2) is 9.97 Å². The van der Waals surface area contributed by atoms with Crippen LogP contribution in [0.15, 0.2) is 55.0 Å². The molecule has 0 spiro atoms. The largest absolute Gasteiger partial charge is 0.364 e. The van der Waals surface area contributed by atoms with Crippen LogP contribution in [0.4, 0.5) is 5.69 Å². The van der Waals surface area contributed by atoms with Crippen LogP contribution < -0.4 is 4.90 Å². The van der Waals surface area contributed by atoms with Crippen molar-refractivity contribution in [2.75, 3.05) is 11.4 Å². The lowest BCUT2D eigenvalue weighted by molar-refractivity contribution is 0.560. The van der Waals surface area contributed by atoms with Gasteiger partial charge >= 0.3 is 0 Å². The summed E-state index contributed by atoms with van der Waals surface area (Å²) in [7, 11) is 2.02. The van der Waals surface area contributed by atoms with Crippen molar-refractivity contribution in [1.29, 1.82) is 0 Å². The maximum Gasteiger partial charge on any atom is 0.139 e. The van der Waals surface area contributed by atoms with Gasteiger partial charge in [0.2, 0.25) is 0 Å². The first-order valence-corrected chi connectivity index (χ1v) is 10.9. The van der Waals surface area contributed by atoms with Gasteiger partial charge in [0.05, 0.1) is 23.6 Å². The first kappa shape index (κ1) is 19.5. The maximum atomic E-state index is 4.98. The van der Waals surface area contributed by atoms with Crippen molar-refractivity contribution in [3.05, 3.63) is 72.2 Å². The lowest BCUT2D eigenvalue weighted by Crippen LogP contribution is -2.34. The Balaban J connectivity index is 1.48. The fourth-order valence-electron chi connectivity index (χ4n) is 4.53. The molecule has 0 atom stereocenters. The van der Waals surface area contributed by atoms with Gasteiger partial charge < -0.3 is 14.0 Å². The molecule has 4 aromatic rings. The Bertz CT molecular complexity index is 1220. The van der Waals surface area contributed by atoms with E-state index in [1.165, 1.54) is 11.4 Å². The summed E-state index contributed by atoms with van der Waals surface area (Å²) in [6.45, 7) is 9.23. The summed E-state index contributed by atoms with van der Waals surface area (Å²) in [5.74, 6) is 2.42. The highest BCUT2D eigenvalue weighted by Gasteiger charge is 2.25. The Hall–Kier alpha value is -3.41. The summed E-state index contributed by atoms with van der Waals surface area (Å²) in [5, 5.41) is 0. The van der Waals surface area contributed by atoms with Crippen LogP contribution in [0.5, 0.6) is 0 Å². The van der Waals surface area contributed by atoms with Crippen molar-refractivity contribution in [1.82, 2.24) is 24.1 Å². The van der Waals surface area contributed by atoms with E-state index in [9.17, 15) is 0 Å². The van der Waals surface area contributed by atoms with E-state index in [0.717, 1.165) is 53.8 Å². The average Bonchev–Trinajstić information content (AvgIpc) is 3.36. The zero-order chi connectivity index (χ0) is 21.5. The number of pyridine rings is 1. The van der Waals surface area contributed by atoms with Gasteiger partial charge in [0, 0.05) is 55.5 Å². The van der Waals surface area contributed by atoms with E-state index < -0.39 is 0 Å². The highest BCUT2D eigenvalue weighted by atomic mass is 15.2. The van der Waals surface area contributed by atoms with Gasteiger partial charge in [0.15, 0.2) is 0 Å². The van der Waals surface area contributed by atoms with Gasteiger partial charge in [-0.1, -0.05) is 13.8 Å². The molecule has 0 aliphatic carbocycles. The second-order valence-corrected chi connectivity index (χ2v) is 8.53. The lowest BCUT2D eigenvalue weighted by Gasteiger charge is -2.31. The minimum Gasteiger partial charge on any atom is -0.364 e. The fourth-order valence-corrected chi connectivity index (χ4v) is 4.53. The first-order chi connectivity index (χ1) is 15.0. The van der Waals surface area contributed by atoms with E-state index in [1.54, 1.807) is 0 Å². The molecule has 6 heteroatoms. The Morgan fingerprint density at radius 3 is 2.48 bits per heavy atom. The van der Waals surface area contributed by atoms with E-state index in [0.29, 0.717) is 5.92 Å². The van der Waals surface area contributed by atoms with E-state index in [4.69, 9.17) is 4.98 Å². The SMILES string of the molecule is Cc1nc(-c2cccnc2C(C)C)c2n1CCN(c1ccc(-c3nccn3C)cc1)C2. The molecule has 0 radical (unpaired) electrons. The highest BCUT2D eigenvalue weighted by molar-refractivity contribution is 5.67. The van der Waals surface area contributed by atoms with Gasteiger partial charge in [-0.3, -0.25) is 4.98 Å². The molecule has 158 valence electrons. The van der Waals surface area contributed by atoms with Crippen LogP contribution in [0.3, 0.4) is 0 Å². The molecule has 5 rings (SSSR count). The molecule has 3 aromatic heterocycles. The molecular weight excluding hydrogens is 384 g/mol. The van der Waals surface area contributed by atoms with Gasteiger partial charge in [0.1, 0.15) is 11.6 Å². The monoisotopic (exact) mass is 412 g/mol. The summed E-state index contributed by atoms with van der Waals surface area (Å²) in [6, 6.07) is 12.9. The second-order valence-electron chi connectivity index (χ2n) is 8.53. The Morgan fingerprint density at radius 1 is 0.968 bits per heavy atom. The van der Waals surface area contributed by atoms with E-state index in [2.05, 4.69) is 70.5 Å². The lowest BCUT2D eigenvalue weighted by atomic mass is 10.00. The standard InChI is InChI=1S/C25H28N6/c1-17(2)23-21(6-5-11-26-23)24-22-16-30(14-15-31(22)18(3)28-24)20-9-7-19(8-10-20)25-27-12-13-29(25)4/h5-13,17H,14-16H2,1-4H3. The van der Waals surface area contributed by atoms with Gasteiger partial charge in [-0.15, -0.1) is 0 Å². The van der Waals surface area contributed by atoms with Crippen LogP contribution >= 0.6 is 0 Å². The fraction of sp³-hybridized carbons (Fsp3) is 0.320. The van der Waals surface area contributed by atoms with Crippen molar-refractivity contribution in [2.24, 2.45) is 7.05 Å². The number of fused-ring (bicyclic) bond motifs is 1. The molecule has 1 aliphatic heterocycles. The molecule has 0 fully saturated rings. The molecular formula is C25H28N6. The maximum absolute atomic E-state index is 4.98. The number of benzene rings is 1. The van der Waals surface area contributed by atoms with Crippen LogP contribution in [0, 0.1) is 6.92 Å². The number of hydrogen-bond acceptors (Lipinski definition) is 4. The Kier molecular flexibility index (Phi) is 4.85. The minimum atomic E-state index is 0.354. The van der Waals surface area contributed by atoms with Crippen LogP contribution in [-0.4, -0.2) is 30.6 Å². The molecule has 0 unspecified atom stereocenters. The van der Waals surface area contributed by atoms with Crippen LogP contribution in [0.1, 0.15) is 37.0 Å². The van der Waals surface area contributed by atoms with Crippen LogP contribution in [0.25, 0.3) is 22.6 Å². The molecule has 1 aliphatic rings. The number of aromatic nitrogens is 5. The minimum absolute atomic E-state index is 0.354. The predicted octanol–water partition coefficient (Wildman–Crippen LogP) is 4.80. The first-order valence-electron chi connectivity index (χ1n) is 10.9. The number of hydrogen-bond donors (Lipinski definition) is 0. The third-order valence-electron chi connectivity index (χ3n) is 6.15. The topological polar surface area (TPSA) is 51.8 Å². The molecule has 0 saturated carbocycles. The average molecular weight is 413 g/mol. The Labute approximate surface area is 183 Å². The molecule has 4 heterocycles. The van der Waals surface area contributed by atoms with Crippen molar-refractivity contribution in [3.8, 4) is 22.6 Å². The molecule has 0 saturated heterocycles. The van der Waals surface area contributed by atoms with Crippen molar-refractivity contribution < 1.29 is 0 Å². The van der Waals surface area contributed by atoms with Crippen LogP contribution in [0.2, 0.25) is 0 Å². The smallest absolute Gasteiger partial charge is 0.139 e. The van der Waals surface area contributed by atoms with Gasteiger partial charge in [0.25, 0.3) is 0 Å². The molecule has 0 N–H and O–H groups in total. The zero-order valence-corrected chi connectivity index (χ0v) is 18.6. The number of nitrogens with zero attached hydrogens (tertiary/aromatic N) is 6. The highest BCUT2D eigenvalue weighted by Crippen LogP contribution is 2.33. The number of rotatable bonds is 4. The third kappa shape index (κ3) is 3.42. The second kappa shape index (κ2) is 7.69. The zero-order valence-electron chi connectivity index (χ0n) is 18.6. The number of imidazole rings is 2. The Morgan fingerprint density at radius 2 is 1.77 bits per heavy atom. The quantitative estimate of drug-likeness (QED) is 0.483. The van der Waals surface area contributed by atoms with E-state index in [-0.39, 0.29) is 0 Å². The third-order valence-corrected chi connectivity index (χ3v) is 6.15. The summed E-state index contributed by atoms with van der Waals surface area (Å²) in [4.78, 5) is 16.5. The number of anilines is 1. The van der Waals surface area contributed by atoms with Crippen molar-refractivity contribution in [2.45, 2.75) is 39.8 Å². The molecule has 6 nitrogen and oxygen atoms in total. The molecule has 31 heavy (non-hydrogen) atoms. The summed E-state index contributed by atoms with van der Waals surface area (Å²) in [6.07, 6.45) is 5.69. The molecule has 0 amide bonds. The molecule has 1 aromatic carbocycles. The van der Waals surface area contributed by atoms with E-state index >= 15 is 0 Å². The van der Waals surface area contributed by atoms with Crippen molar-refractivity contribution >= 4 is 5.69 Å². The van der Waals surface area contributed by atoms with Crippen LogP contribution in [-0.2, 0) is 20.1 Å². The number of aryl methyl sites for hydroxylation is 2. The van der Waals surface area contributed by atoms with Gasteiger partial charge in [-0.2, -0.15) is 0 Å².